The van der Waals surface area contributed by atoms with E-state index in [-0.39, 0.29) is 30.7 Å². The van der Waals surface area contributed by atoms with Crippen molar-refractivity contribution in [1.29, 1.82) is 0 Å². The van der Waals surface area contributed by atoms with E-state index in [1.165, 1.54) is 11.0 Å². The summed E-state index contributed by atoms with van der Waals surface area (Å²) in [6.45, 7) is 14.8. The molecule has 0 saturated carbocycles. The Bertz CT molecular complexity index is 1130. The molecule has 0 saturated heterocycles. The van der Waals surface area contributed by atoms with Crippen LogP contribution < -0.4 is 10.6 Å². The fourth-order valence-corrected chi connectivity index (χ4v) is 4.31. The zero-order chi connectivity index (χ0) is 29.2. The number of alkyl carbamates (subject to hydrolysis) is 1. The lowest BCUT2D eigenvalue weighted by Gasteiger charge is -2.34. The van der Waals surface area contributed by atoms with Gasteiger partial charge in [-0.2, -0.15) is 0 Å². The standard InChI is InChI=1S/C31H43N3O5/c1-8-13-22(4)32-28(36)27(24-16-17-26(35)21(3)19-24)34(18-9-2)29(37)25(20-23-14-11-10-12-15-23)33-30(38)39-31(5,6)7/h9-12,14-17,19,22,25,27,35H,2,8,13,18,20H2,1,3-7H3,(H,32,36)(H,33,38). The molecule has 0 aromatic heterocycles. The van der Waals surface area contributed by atoms with Crippen LogP contribution in [0.4, 0.5) is 4.79 Å². The predicted molar refractivity (Wildman–Crippen MR) is 153 cm³/mol. The summed E-state index contributed by atoms with van der Waals surface area (Å²) >= 11 is 0. The summed E-state index contributed by atoms with van der Waals surface area (Å²) in [5.41, 5.74) is 1.19. The van der Waals surface area contributed by atoms with Crippen LogP contribution in [0.2, 0.25) is 0 Å². The first-order valence-electron chi connectivity index (χ1n) is 13.4. The second-order valence-corrected chi connectivity index (χ2v) is 10.8. The summed E-state index contributed by atoms with van der Waals surface area (Å²) in [7, 11) is 0. The van der Waals surface area contributed by atoms with E-state index < -0.39 is 29.7 Å². The molecule has 0 heterocycles. The van der Waals surface area contributed by atoms with E-state index in [0.29, 0.717) is 11.1 Å². The van der Waals surface area contributed by atoms with E-state index in [9.17, 15) is 19.5 Å². The van der Waals surface area contributed by atoms with Gasteiger partial charge >= 0.3 is 6.09 Å². The number of nitrogens with one attached hydrogen (secondary N) is 2. The number of hydrogen-bond donors (Lipinski definition) is 3. The molecule has 3 unspecified atom stereocenters. The van der Waals surface area contributed by atoms with Crippen molar-refractivity contribution in [3.05, 3.63) is 77.9 Å². The van der Waals surface area contributed by atoms with Crippen LogP contribution in [0, 0.1) is 6.92 Å². The van der Waals surface area contributed by atoms with E-state index in [0.717, 1.165) is 18.4 Å². The number of nitrogens with zero attached hydrogens (tertiary/aromatic N) is 1. The Labute approximate surface area is 232 Å². The van der Waals surface area contributed by atoms with Gasteiger partial charge in [-0.1, -0.05) is 55.8 Å². The summed E-state index contributed by atoms with van der Waals surface area (Å²) in [5.74, 6) is -0.724. The zero-order valence-electron chi connectivity index (χ0n) is 24.0. The Morgan fingerprint density at radius 1 is 1.10 bits per heavy atom. The average Bonchev–Trinajstić information content (AvgIpc) is 2.84. The van der Waals surface area contributed by atoms with Crippen LogP contribution in [-0.2, 0) is 20.7 Å². The largest absolute Gasteiger partial charge is 0.508 e. The van der Waals surface area contributed by atoms with Gasteiger partial charge in [-0.05, 0) is 69.9 Å². The number of carbonyl (C=O) groups is 3. The van der Waals surface area contributed by atoms with Gasteiger partial charge in [0.05, 0.1) is 0 Å². The highest BCUT2D eigenvalue weighted by molar-refractivity contribution is 5.92. The molecule has 0 radical (unpaired) electrons. The van der Waals surface area contributed by atoms with E-state index in [4.69, 9.17) is 4.74 Å². The number of rotatable bonds is 12. The lowest BCUT2D eigenvalue weighted by molar-refractivity contribution is -0.142. The first-order valence-corrected chi connectivity index (χ1v) is 13.4. The SMILES string of the molecule is C=CCN(C(=O)C(Cc1ccccc1)NC(=O)OC(C)(C)C)C(C(=O)NC(C)CCC)c1ccc(O)c(C)c1. The maximum atomic E-state index is 14.2. The Balaban J connectivity index is 2.55. The lowest BCUT2D eigenvalue weighted by Crippen LogP contribution is -2.54. The molecule has 8 nitrogen and oxygen atoms in total. The van der Waals surface area contributed by atoms with Gasteiger partial charge in [-0.3, -0.25) is 9.59 Å². The van der Waals surface area contributed by atoms with Gasteiger partial charge in [-0.25, -0.2) is 4.79 Å². The first-order chi connectivity index (χ1) is 18.4. The Hall–Kier alpha value is -3.81. The highest BCUT2D eigenvalue weighted by atomic mass is 16.6. The summed E-state index contributed by atoms with van der Waals surface area (Å²) in [6, 6.07) is 12.0. The molecule has 3 amide bonds. The number of amides is 3. The van der Waals surface area contributed by atoms with Gasteiger partial charge in [0.2, 0.25) is 11.8 Å². The smallest absolute Gasteiger partial charge is 0.408 e. The molecule has 2 aromatic rings. The molecule has 3 atom stereocenters. The normalized spacial score (nSPS) is 13.5. The quantitative estimate of drug-likeness (QED) is 0.323. The number of aryl methyl sites for hydroxylation is 1. The second kappa shape index (κ2) is 14.4. The number of phenolic OH excluding ortho intramolecular Hbond substituents is 1. The molecule has 0 aliphatic heterocycles. The minimum Gasteiger partial charge on any atom is -0.508 e. The Kier molecular flexibility index (Phi) is 11.6. The van der Waals surface area contributed by atoms with Crippen LogP contribution in [0.25, 0.3) is 0 Å². The highest BCUT2D eigenvalue weighted by Crippen LogP contribution is 2.28. The molecule has 2 aromatic carbocycles. The molecule has 2 rings (SSSR count). The molecule has 0 spiro atoms. The minimum absolute atomic E-state index is 0.0558. The van der Waals surface area contributed by atoms with Crippen LogP contribution >= 0.6 is 0 Å². The van der Waals surface area contributed by atoms with Gasteiger partial charge < -0.3 is 25.4 Å². The van der Waals surface area contributed by atoms with Crippen molar-refractivity contribution in [2.45, 2.75) is 84.5 Å². The number of benzene rings is 2. The van der Waals surface area contributed by atoms with Crippen molar-refractivity contribution in [2.75, 3.05) is 6.54 Å². The molecular formula is C31H43N3O5. The van der Waals surface area contributed by atoms with E-state index >= 15 is 0 Å². The van der Waals surface area contributed by atoms with Crippen LogP contribution in [0.1, 0.15) is 70.2 Å². The van der Waals surface area contributed by atoms with Crippen molar-refractivity contribution in [2.24, 2.45) is 0 Å². The molecule has 0 aliphatic rings. The van der Waals surface area contributed by atoms with Crippen molar-refractivity contribution < 1.29 is 24.2 Å². The third-order valence-electron chi connectivity index (χ3n) is 6.09. The monoisotopic (exact) mass is 537 g/mol. The van der Waals surface area contributed by atoms with E-state index in [2.05, 4.69) is 17.2 Å². The number of aromatic hydroxyl groups is 1. The Morgan fingerprint density at radius 3 is 2.33 bits per heavy atom. The molecule has 3 N–H and O–H groups in total. The molecule has 8 heteroatoms. The maximum Gasteiger partial charge on any atom is 0.408 e. The molecule has 0 bridgehead atoms. The molecule has 0 fully saturated rings. The lowest BCUT2D eigenvalue weighted by atomic mass is 9.98. The summed E-state index contributed by atoms with van der Waals surface area (Å²) in [5, 5.41) is 15.9. The van der Waals surface area contributed by atoms with Gasteiger partial charge in [0.25, 0.3) is 0 Å². The molecule has 212 valence electrons. The topological polar surface area (TPSA) is 108 Å². The van der Waals surface area contributed by atoms with Crippen LogP contribution in [0.15, 0.2) is 61.2 Å². The van der Waals surface area contributed by atoms with Crippen molar-refractivity contribution in [1.82, 2.24) is 15.5 Å². The van der Waals surface area contributed by atoms with Gasteiger partial charge in [0, 0.05) is 19.0 Å². The van der Waals surface area contributed by atoms with Crippen molar-refractivity contribution in [3.8, 4) is 5.75 Å². The minimum atomic E-state index is -1.02. The highest BCUT2D eigenvalue weighted by Gasteiger charge is 2.36. The molecule has 39 heavy (non-hydrogen) atoms. The number of phenols is 1. The predicted octanol–water partition coefficient (Wildman–Crippen LogP) is 5.20. The number of hydrogen-bond acceptors (Lipinski definition) is 5. The van der Waals surface area contributed by atoms with Crippen LogP contribution in [0.5, 0.6) is 5.75 Å². The number of carbonyl (C=O) groups excluding carboxylic acids is 3. The summed E-state index contributed by atoms with van der Waals surface area (Å²) in [4.78, 5) is 42.1. The van der Waals surface area contributed by atoms with Crippen LogP contribution in [0.3, 0.4) is 0 Å². The van der Waals surface area contributed by atoms with Gasteiger partial charge in [0.15, 0.2) is 0 Å². The van der Waals surface area contributed by atoms with Crippen molar-refractivity contribution in [3.63, 3.8) is 0 Å². The molecular weight excluding hydrogens is 494 g/mol. The Morgan fingerprint density at radius 2 is 1.77 bits per heavy atom. The van der Waals surface area contributed by atoms with Gasteiger partial charge in [-0.15, -0.1) is 6.58 Å². The summed E-state index contributed by atoms with van der Waals surface area (Å²) in [6.07, 6.45) is 2.68. The fraction of sp³-hybridized carbons (Fsp3) is 0.452. The fourth-order valence-electron chi connectivity index (χ4n) is 4.31. The summed E-state index contributed by atoms with van der Waals surface area (Å²) < 4.78 is 5.45. The van der Waals surface area contributed by atoms with E-state index in [1.807, 2.05) is 44.2 Å². The third kappa shape index (κ3) is 9.78. The maximum absolute atomic E-state index is 14.2. The third-order valence-corrected chi connectivity index (χ3v) is 6.09. The number of ether oxygens (including phenoxy) is 1. The second-order valence-electron chi connectivity index (χ2n) is 10.8. The molecule has 0 aliphatic carbocycles. The van der Waals surface area contributed by atoms with Gasteiger partial charge in [0.1, 0.15) is 23.4 Å². The first kappa shape index (κ1) is 31.4. The van der Waals surface area contributed by atoms with Crippen LogP contribution in [-0.4, -0.2) is 52.1 Å². The zero-order valence-corrected chi connectivity index (χ0v) is 24.0. The van der Waals surface area contributed by atoms with Crippen molar-refractivity contribution >= 4 is 17.9 Å². The average molecular weight is 538 g/mol. The van der Waals surface area contributed by atoms with E-state index in [1.54, 1.807) is 45.9 Å².